The van der Waals surface area contributed by atoms with Crippen molar-refractivity contribution in [3.8, 4) is 0 Å². The molecule has 1 saturated carbocycles. The first-order valence-electron chi connectivity index (χ1n) is 5.90. The lowest BCUT2D eigenvalue weighted by Crippen LogP contribution is -2.19. The van der Waals surface area contributed by atoms with Crippen LogP contribution in [-0.2, 0) is 5.60 Å². The van der Waals surface area contributed by atoms with Crippen molar-refractivity contribution in [3.63, 3.8) is 0 Å². The molecule has 0 saturated heterocycles. The van der Waals surface area contributed by atoms with E-state index in [1.807, 2.05) is 18.2 Å². The minimum Gasteiger partial charge on any atom is -0.458 e. The Balaban J connectivity index is 2.11. The van der Waals surface area contributed by atoms with Gasteiger partial charge in [0.1, 0.15) is 16.9 Å². The van der Waals surface area contributed by atoms with Crippen LogP contribution in [0.15, 0.2) is 28.7 Å². The highest BCUT2D eigenvalue weighted by Crippen LogP contribution is 2.40. The lowest BCUT2D eigenvalue weighted by atomic mass is 9.99. The highest BCUT2D eigenvalue weighted by molar-refractivity contribution is 5.78. The van der Waals surface area contributed by atoms with E-state index in [1.165, 1.54) is 5.56 Å². The lowest BCUT2D eigenvalue weighted by Gasteiger charge is -2.18. The Morgan fingerprint density at radius 2 is 1.94 bits per heavy atom. The summed E-state index contributed by atoms with van der Waals surface area (Å²) in [6.07, 6.45) is 3.83. The van der Waals surface area contributed by atoms with Gasteiger partial charge in [0.05, 0.1) is 0 Å². The van der Waals surface area contributed by atoms with Crippen molar-refractivity contribution in [1.82, 2.24) is 0 Å². The summed E-state index contributed by atoms with van der Waals surface area (Å²) in [6, 6.07) is 8.11. The zero-order valence-electron chi connectivity index (χ0n) is 9.49. The molecule has 1 fully saturated rings. The molecule has 0 radical (unpaired) electrons. The molecule has 84 valence electrons. The number of hydrogen-bond acceptors (Lipinski definition) is 2. The first kappa shape index (κ1) is 9.91. The lowest BCUT2D eigenvalue weighted by molar-refractivity contribution is 0.0235. The van der Waals surface area contributed by atoms with Crippen LogP contribution >= 0.6 is 0 Å². The van der Waals surface area contributed by atoms with Gasteiger partial charge in [0.2, 0.25) is 0 Å². The number of aliphatic hydroxyl groups is 1. The van der Waals surface area contributed by atoms with Gasteiger partial charge in [-0.1, -0.05) is 11.6 Å². The number of fused-ring (bicyclic) bond motifs is 1. The first-order valence-corrected chi connectivity index (χ1v) is 5.90. The van der Waals surface area contributed by atoms with Crippen LogP contribution in [0.4, 0.5) is 0 Å². The van der Waals surface area contributed by atoms with Crippen LogP contribution < -0.4 is 0 Å². The van der Waals surface area contributed by atoms with Crippen molar-refractivity contribution in [3.05, 3.63) is 35.6 Å². The van der Waals surface area contributed by atoms with Gasteiger partial charge < -0.3 is 9.52 Å². The summed E-state index contributed by atoms with van der Waals surface area (Å²) in [5.74, 6) is 0.741. The molecule has 16 heavy (non-hydrogen) atoms. The summed E-state index contributed by atoms with van der Waals surface area (Å²) in [5.41, 5.74) is 1.38. The minimum absolute atomic E-state index is 0.715. The maximum atomic E-state index is 10.4. The Morgan fingerprint density at radius 1 is 1.19 bits per heavy atom. The summed E-state index contributed by atoms with van der Waals surface area (Å²) in [6.45, 7) is 2.07. The molecule has 1 aliphatic rings. The average Bonchev–Trinajstić information content (AvgIpc) is 2.84. The smallest absolute Gasteiger partial charge is 0.136 e. The van der Waals surface area contributed by atoms with E-state index in [2.05, 4.69) is 13.0 Å². The molecule has 0 bridgehead atoms. The number of furan rings is 1. The van der Waals surface area contributed by atoms with E-state index in [0.29, 0.717) is 0 Å². The molecule has 0 aliphatic heterocycles. The fourth-order valence-electron chi connectivity index (χ4n) is 2.60. The van der Waals surface area contributed by atoms with Crippen LogP contribution in [0.2, 0.25) is 0 Å². The molecule has 1 N–H and O–H groups in total. The van der Waals surface area contributed by atoms with Crippen molar-refractivity contribution >= 4 is 11.0 Å². The van der Waals surface area contributed by atoms with E-state index in [4.69, 9.17) is 4.42 Å². The van der Waals surface area contributed by atoms with Gasteiger partial charge in [0.25, 0.3) is 0 Å². The maximum absolute atomic E-state index is 10.4. The quantitative estimate of drug-likeness (QED) is 0.791. The average molecular weight is 216 g/mol. The van der Waals surface area contributed by atoms with Crippen LogP contribution in [0.3, 0.4) is 0 Å². The van der Waals surface area contributed by atoms with Crippen LogP contribution in [0.1, 0.15) is 37.0 Å². The second kappa shape index (κ2) is 3.36. The largest absolute Gasteiger partial charge is 0.458 e. The fourth-order valence-corrected chi connectivity index (χ4v) is 2.60. The Labute approximate surface area is 94.9 Å². The highest BCUT2D eigenvalue weighted by Gasteiger charge is 2.36. The summed E-state index contributed by atoms with van der Waals surface area (Å²) in [4.78, 5) is 0. The van der Waals surface area contributed by atoms with Crippen LogP contribution in [0.25, 0.3) is 11.0 Å². The van der Waals surface area contributed by atoms with E-state index < -0.39 is 5.60 Å². The number of hydrogen-bond donors (Lipinski definition) is 1. The van der Waals surface area contributed by atoms with Crippen molar-refractivity contribution < 1.29 is 9.52 Å². The predicted octanol–water partition coefficient (Wildman–Crippen LogP) is 3.50. The SMILES string of the molecule is Cc1ccc2oc(C3(O)CCCC3)cc2c1. The van der Waals surface area contributed by atoms with Crippen molar-refractivity contribution in [2.75, 3.05) is 0 Å². The predicted molar refractivity (Wildman–Crippen MR) is 63.3 cm³/mol. The zero-order chi connectivity index (χ0) is 11.2. The molecule has 0 amide bonds. The Morgan fingerprint density at radius 3 is 2.69 bits per heavy atom. The van der Waals surface area contributed by atoms with Gasteiger partial charge in [-0.2, -0.15) is 0 Å². The van der Waals surface area contributed by atoms with Crippen molar-refractivity contribution in [2.45, 2.75) is 38.2 Å². The second-order valence-corrected chi connectivity index (χ2v) is 4.89. The number of benzene rings is 1. The fraction of sp³-hybridized carbons (Fsp3) is 0.429. The molecular weight excluding hydrogens is 200 g/mol. The summed E-state index contributed by atoms with van der Waals surface area (Å²) in [5, 5.41) is 11.5. The van der Waals surface area contributed by atoms with Gasteiger partial charge in [-0.3, -0.25) is 0 Å². The van der Waals surface area contributed by atoms with Crippen molar-refractivity contribution in [2.24, 2.45) is 0 Å². The molecule has 1 heterocycles. The number of aryl methyl sites for hydroxylation is 1. The van der Waals surface area contributed by atoms with Gasteiger partial charge in [0, 0.05) is 5.39 Å². The topological polar surface area (TPSA) is 33.4 Å². The molecule has 2 aromatic rings. The van der Waals surface area contributed by atoms with Gasteiger partial charge in [0.15, 0.2) is 0 Å². The summed E-state index contributed by atoms with van der Waals surface area (Å²) >= 11 is 0. The second-order valence-electron chi connectivity index (χ2n) is 4.89. The van der Waals surface area contributed by atoms with E-state index in [9.17, 15) is 5.11 Å². The third-order valence-corrected chi connectivity index (χ3v) is 3.56. The molecule has 1 aromatic carbocycles. The molecule has 1 aromatic heterocycles. The van der Waals surface area contributed by atoms with Gasteiger partial charge in [-0.25, -0.2) is 0 Å². The molecule has 0 unspecified atom stereocenters. The standard InChI is InChI=1S/C14H16O2/c1-10-4-5-12-11(8-10)9-13(16-12)14(15)6-2-3-7-14/h4-5,8-9,15H,2-3,6-7H2,1H3. The van der Waals surface area contributed by atoms with Gasteiger partial charge in [-0.15, -0.1) is 0 Å². The monoisotopic (exact) mass is 216 g/mol. The van der Waals surface area contributed by atoms with Crippen LogP contribution in [-0.4, -0.2) is 5.11 Å². The zero-order valence-corrected chi connectivity index (χ0v) is 9.49. The Hall–Kier alpha value is -1.28. The normalized spacial score (nSPS) is 19.4. The minimum atomic E-state index is -0.715. The van der Waals surface area contributed by atoms with Gasteiger partial charge >= 0.3 is 0 Å². The summed E-state index contributed by atoms with van der Waals surface area (Å²) < 4.78 is 5.76. The third-order valence-electron chi connectivity index (χ3n) is 3.56. The molecule has 0 atom stereocenters. The molecule has 1 aliphatic carbocycles. The first-order chi connectivity index (χ1) is 7.67. The van der Waals surface area contributed by atoms with E-state index in [-0.39, 0.29) is 0 Å². The van der Waals surface area contributed by atoms with Crippen LogP contribution in [0, 0.1) is 6.92 Å². The highest BCUT2D eigenvalue weighted by atomic mass is 16.4. The molecule has 2 nitrogen and oxygen atoms in total. The maximum Gasteiger partial charge on any atom is 0.136 e. The van der Waals surface area contributed by atoms with E-state index >= 15 is 0 Å². The third kappa shape index (κ3) is 1.45. The van der Waals surface area contributed by atoms with Gasteiger partial charge in [-0.05, 0) is 50.8 Å². The molecule has 2 heteroatoms. The molecule has 3 rings (SSSR count). The van der Waals surface area contributed by atoms with Crippen LogP contribution in [0.5, 0.6) is 0 Å². The van der Waals surface area contributed by atoms with E-state index in [0.717, 1.165) is 42.4 Å². The molecular formula is C14H16O2. The number of rotatable bonds is 1. The Kier molecular flexibility index (Phi) is 2.08. The molecule has 0 spiro atoms. The Bertz CT molecular complexity index is 519. The summed E-state index contributed by atoms with van der Waals surface area (Å²) in [7, 11) is 0. The van der Waals surface area contributed by atoms with E-state index in [1.54, 1.807) is 0 Å². The van der Waals surface area contributed by atoms with Crippen molar-refractivity contribution in [1.29, 1.82) is 0 Å².